The molecule has 2 amide bonds. The van der Waals surface area contributed by atoms with Gasteiger partial charge in [-0.15, -0.1) is 0 Å². The first kappa shape index (κ1) is 18.3. The molecule has 1 unspecified atom stereocenters. The fourth-order valence-electron chi connectivity index (χ4n) is 3.43. The molecule has 1 N–H and O–H groups in total. The van der Waals surface area contributed by atoms with Gasteiger partial charge in [0, 0.05) is 44.4 Å². The number of carbonyl (C=O) groups is 2. The van der Waals surface area contributed by atoms with E-state index < -0.39 is 6.10 Å². The van der Waals surface area contributed by atoms with Crippen LogP contribution in [0.25, 0.3) is 0 Å². The summed E-state index contributed by atoms with van der Waals surface area (Å²) in [7, 11) is 0. The number of aryl methyl sites for hydroxylation is 1. The summed E-state index contributed by atoms with van der Waals surface area (Å²) < 4.78 is 0. The van der Waals surface area contributed by atoms with Crippen LogP contribution in [-0.2, 0) is 20.8 Å². The number of nitrogens with one attached hydrogen (secondary N) is 1. The van der Waals surface area contributed by atoms with Gasteiger partial charge in [0.25, 0.3) is 5.91 Å². The fourth-order valence-corrected chi connectivity index (χ4v) is 3.43. The maximum absolute atomic E-state index is 12.8. The summed E-state index contributed by atoms with van der Waals surface area (Å²) in [4.78, 5) is 34.4. The molecule has 1 fully saturated rings. The van der Waals surface area contributed by atoms with Crippen molar-refractivity contribution in [3.63, 3.8) is 0 Å². The van der Waals surface area contributed by atoms with Gasteiger partial charge in [0.05, 0.1) is 17.6 Å². The van der Waals surface area contributed by atoms with Gasteiger partial charge in [0.2, 0.25) is 12.0 Å². The van der Waals surface area contributed by atoms with E-state index in [1.165, 1.54) is 0 Å². The van der Waals surface area contributed by atoms with Crippen LogP contribution in [0.15, 0.2) is 11.4 Å². The summed E-state index contributed by atoms with van der Waals surface area (Å²) in [5.74, 6) is 0.0301. The van der Waals surface area contributed by atoms with E-state index in [4.69, 9.17) is 4.84 Å². The number of rotatable bonds is 4. The molecule has 0 aliphatic carbocycles. The lowest BCUT2D eigenvalue weighted by molar-refractivity contribution is -0.144. The third kappa shape index (κ3) is 3.86. The van der Waals surface area contributed by atoms with Gasteiger partial charge in [-0.1, -0.05) is 12.1 Å². The Labute approximate surface area is 152 Å². The monoisotopic (exact) mass is 362 g/mol. The Kier molecular flexibility index (Phi) is 5.53. The van der Waals surface area contributed by atoms with Gasteiger partial charge in [-0.2, -0.15) is 15.4 Å². The molecule has 142 valence electrons. The number of oxime groups is 1. The fraction of sp³-hybridized carbons (Fsp3) is 0.706. The molecule has 0 saturated carbocycles. The first-order valence-electron chi connectivity index (χ1n) is 9.10. The summed E-state index contributed by atoms with van der Waals surface area (Å²) in [6, 6.07) is -0.0371. The Hall–Kier alpha value is -2.45. The first-order chi connectivity index (χ1) is 12.5. The second-order valence-corrected chi connectivity index (χ2v) is 7.08. The number of hydrogen-bond acceptors (Lipinski definition) is 6. The van der Waals surface area contributed by atoms with Gasteiger partial charge in [0.1, 0.15) is 0 Å². The summed E-state index contributed by atoms with van der Waals surface area (Å²) >= 11 is 0. The molecular formula is C17H26N6O3. The van der Waals surface area contributed by atoms with Crippen molar-refractivity contribution >= 4 is 17.5 Å². The van der Waals surface area contributed by atoms with Crippen molar-refractivity contribution in [3.8, 4) is 0 Å². The van der Waals surface area contributed by atoms with Crippen LogP contribution in [0, 0.1) is 5.92 Å². The molecule has 9 nitrogen and oxygen atoms in total. The molecule has 3 heterocycles. The third-order valence-electron chi connectivity index (χ3n) is 5.20. The second kappa shape index (κ2) is 7.84. The largest absolute Gasteiger partial charge is 0.382 e. The molecule has 0 aromatic carbocycles. The average Bonchev–Trinajstić information content (AvgIpc) is 3.20. The molecule has 2 aliphatic rings. The number of hydrogen-bond donors (Lipinski definition) is 1. The van der Waals surface area contributed by atoms with Crippen molar-refractivity contribution in [1.82, 2.24) is 25.2 Å². The second-order valence-electron chi connectivity index (χ2n) is 7.08. The van der Waals surface area contributed by atoms with Crippen LogP contribution < -0.4 is 0 Å². The number of aromatic amines is 1. The van der Waals surface area contributed by atoms with E-state index in [9.17, 15) is 9.59 Å². The molecule has 0 bridgehead atoms. The van der Waals surface area contributed by atoms with E-state index >= 15 is 0 Å². The molecule has 1 saturated heterocycles. The zero-order valence-electron chi connectivity index (χ0n) is 15.5. The lowest BCUT2D eigenvalue weighted by Gasteiger charge is -2.30. The highest BCUT2D eigenvalue weighted by molar-refractivity contribution is 5.93. The summed E-state index contributed by atoms with van der Waals surface area (Å²) in [5, 5.41) is 14.2. The van der Waals surface area contributed by atoms with Gasteiger partial charge < -0.3 is 14.6 Å². The number of aromatic nitrogens is 3. The number of nitrogens with zero attached hydrogens (tertiary/aromatic N) is 5. The van der Waals surface area contributed by atoms with Crippen molar-refractivity contribution in [2.45, 2.75) is 52.2 Å². The smallest absolute Gasteiger partial charge is 0.267 e. The van der Waals surface area contributed by atoms with E-state index in [2.05, 4.69) is 20.6 Å². The minimum absolute atomic E-state index is 0.0127. The number of carbonyl (C=O) groups excluding carboxylic acids is 2. The summed E-state index contributed by atoms with van der Waals surface area (Å²) in [6.45, 7) is 7.61. The van der Waals surface area contributed by atoms with Crippen LogP contribution in [0.2, 0.25) is 0 Å². The van der Waals surface area contributed by atoms with Crippen molar-refractivity contribution in [3.05, 3.63) is 11.9 Å². The maximum atomic E-state index is 12.8. The zero-order chi connectivity index (χ0) is 18.7. The Morgan fingerprint density at radius 1 is 1.35 bits per heavy atom. The topological polar surface area (TPSA) is 104 Å². The van der Waals surface area contributed by atoms with Gasteiger partial charge in [-0.25, -0.2) is 0 Å². The minimum atomic E-state index is -0.545. The molecule has 3 atom stereocenters. The number of H-pyrrole nitrogens is 1. The molecule has 1 aromatic rings. The Balaban J connectivity index is 1.56. The molecule has 9 heteroatoms. The third-order valence-corrected chi connectivity index (χ3v) is 5.20. The predicted octanol–water partition coefficient (Wildman–Crippen LogP) is 0.598. The van der Waals surface area contributed by atoms with Crippen LogP contribution in [0.4, 0.5) is 0 Å². The van der Waals surface area contributed by atoms with Gasteiger partial charge in [-0.3, -0.25) is 9.59 Å². The molecule has 0 spiro atoms. The van der Waals surface area contributed by atoms with E-state index in [-0.39, 0.29) is 23.8 Å². The predicted molar refractivity (Wildman–Crippen MR) is 94.2 cm³/mol. The van der Waals surface area contributed by atoms with E-state index in [0.717, 1.165) is 17.8 Å². The summed E-state index contributed by atoms with van der Waals surface area (Å²) in [6.07, 6.45) is 2.79. The normalized spacial score (nSPS) is 26.3. The van der Waals surface area contributed by atoms with E-state index in [0.29, 0.717) is 32.5 Å². The maximum Gasteiger partial charge on any atom is 0.267 e. The Morgan fingerprint density at radius 3 is 2.81 bits per heavy atom. The van der Waals surface area contributed by atoms with Crippen LogP contribution in [-0.4, -0.2) is 74.5 Å². The Bertz CT molecular complexity index is 674. The SMILES string of the molecule is CC1=NO[C@H](C(=O)N2CCCN(C(=O)CCc3cn[nH]n3)C(C)C2)[C@H]1C. The van der Waals surface area contributed by atoms with Crippen molar-refractivity contribution in [2.75, 3.05) is 19.6 Å². The minimum Gasteiger partial charge on any atom is -0.382 e. The van der Waals surface area contributed by atoms with Crippen molar-refractivity contribution < 1.29 is 14.4 Å². The van der Waals surface area contributed by atoms with Gasteiger partial charge in [-0.05, 0) is 20.3 Å². The lowest BCUT2D eigenvalue weighted by atomic mass is 9.99. The summed E-state index contributed by atoms with van der Waals surface area (Å²) in [5.41, 5.74) is 1.62. The van der Waals surface area contributed by atoms with E-state index in [1.54, 1.807) is 6.20 Å². The van der Waals surface area contributed by atoms with Crippen LogP contribution in [0.5, 0.6) is 0 Å². The molecule has 2 aliphatic heterocycles. The Morgan fingerprint density at radius 2 is 2.15 bits per heavy atom. The molecule has 0 radical (unpaired) electrons. The van der Waals surface area contributed by atoms with Gasteiger partial charge in [0.15, 0.2) is 0 Å². The molecule has 3 rings (SSSR count). The number of amides is 2. The highest BCUT2D eigenvalue weighted by Gasteiger charge is 2.38. The van der Waals surface area contributed by atoms with Crippen LogP contribution in [0.1, 0.15) is 39.3 Å². The zero-order valence-corrected chi connectivity index (χ0v) is 15.5. The van der Waals surface area contributed by atoms with Crippen molar-refractivity contribution in [2.24, 2.45) is 11.1 Å². The highest BCUT2D eigenvalue weighted by atomic mass is 16.6. The molecule has 26 heavy (non-hydrogen) atoms. The molecule has 1 aromatic heterocycles. The standard InChI is InChI=1S/C17H26N6O3/c1-11-10-22(17(25)16-12(2)13(3)20-26-16)7-4-8-23(11)15(24)6-5-14-9-18-21-19-14/h9,11-12,16H,4-8,10H2,1-3H3,(H,18,19,21)/t11?,12-,16-/m0/s1. The average molecular weight is 362 g/mol. The van der Waals surface area contributed by atoms with Crippen LogP contribution in [0.3, 0.4) is 0 Å². The van der Waals surface area contributed by atoms with E-state index in [1.807, 2.05) is 30.6 Å². The first-order valence-corrected chi connectivity index (χ1v) is 9.10. The molecular weight excluding hydrogens is 336 g/mol. The van der Waals surface area contributed by atoms with Crippen molar-refractivity contribution in [1.29, 1.82) is 0 Å². The van der Waals surface area contributed by atoms with Crippen LogP contribution >= 0.6 is 0 Å². The van der Waals surface area contributed by atoms with Gasteiger partial charge >= 0.3 is 0 Å². The quantitative estimate of drug-likeness (QED) is 0.845. The lowest BCUT2D eigenvalue weighted by Crippen LogP contribution is -2.47. The highest BCUT2D eigenvalue weighted by Crippen LogP contribution is 2.22.